The van der Waals surface area contributed by atoms with Gasteiger partial charge in [-0.2, -0.15) is 0 Å². The molecule has 0 fully saturated rings. The van der Waals surface area contributed by atoms with E-state index in [4.69, 9.17) is 0 Å². The number of anilines is 1. The molecule has 3 aromatic carbocycles. The van der Waals surface area contributed by atoms with Crippen molar-refractivity contribution in [2.24, 2.45) is 5.92 Å². The molecule has 0 saturated heterocycles. The van der Waals surface area contributed by atoms with Gasteiger partial charge in [0.05, 0.1) is 0 Å². The lowest BCUT2D eigenvalue weighted by Crippen LogP contribution is -2.39. The van der Waals surface area contributed by atoms with Gasteiger partial charge in [-0.15, -0.1) is 0 Å². The summed E-state index contributed by atoms with van der Waals surface area (Å²) in [6.07, 6.45) is 6.71. The maximum Gasteiger partial charge on any atom is 0.328 e. The number of benzene rings is 3. The highest BCUT2D eigenvalue weighted by molar-refractivity contribution is 5.94. The van der Waals surface area contributed by atoms with Gasteiger partial charge in [-0.05, 0) is 62.9 Å². The Bertz CT molecular complexity index is 1460. The van der Waals surface area contributed by atoms with Crippen LogP contribution in [0.25, 0.3) is 11.1 Å². The molecule has 0 N–H and O–H groups in total. The zero-order chi connectivity index (χ0) is 25.4. The van der Waals surface area contributed by atoms with Gasteiger partial charge in [-0.25, -0.2) is 4.79 Å². The van der Waals surface area contributed by atoms with Crippen LogP contribution in [-0.4, -0.2) is 25.0 Å². The Kier molecular flexibility index (Phi) is 4.89. The van der Waals surface area contributed by atoms with E-state index in [2.05, 4.69) is 113 Å². The molecule has 0 bridgehead atoms. The molecule has 2 unspecified atom stereocenters. The second kappa shape index (κ2) is 7.70. The molecule has 0 saturated carbocycles. The summed E-state index contributed by atoms with van der Waals surface area (Å²) in [5.41, 5.74) is 9.80. The standard InChI is InChI=1S/C33H34N2O/c1-32(2)27-13-9-7-11-23(27)25-17-15-21(19-29(25)32)34(5)31(36)35(6)22-16-18-26-24-12-8-10-14-28(24)33(3,4)30(26)20-22/h7-20,25,29H,1-6H3. The molecule has 2 atom stereocenters. The SMILES string of the molecule is CN(C(=O)N(C)c1ccc2c(c1)C(C)(C)c1ccccc1-2)C1=CC2C(C=C1)c1ccccc1C2(C)C. The molecule has 182 valence electrons. The minimum atomic E-state index is -0.0928. The van der Waals surface area contributed by atoms with Crippen molar-refractivity contribution in [1.29, 1.82) is 0 Å². The first-order valence-electron chi connectivity index (χ1n) is 12.9. The van der Waals surface area contributed by atoms with E-state index >= 15 is 0 Å². The van der Waals surface area contributed by atoms with Crippen molar-refractivity contribution in [2.75, 3.05) is 19.0 Å². The van der Waals surface area contributed by atoms with Crippen LogP contribution in [0.2, 0.25) is 0 Å². The molecule has 3 nitrogen and oxygen atoms in total. The van der Waals surface area contributed by atoms with Gasteiger partial charge >= 0.3 is 6.03 Å². The lowest BCUT2D eigenvalue weighted by atomic mass is 9.74. The van der Waals surface area contributed by atoms with Crippen LogP contribution >= 0.6 is 0 Å². The summed E-state index contributed by atoms with van der Waals surface area (Å²) in [5, 5.41) is 0. The van der Waals surface area contributed by atoms with Gasteiger partial charge in [0.25, 0.3) is 0 Å². The fourth-order valence-electron chi connectivity index (χ4n) is 6.74. The summed E-state index contributed by atoms with van der Waals surface area (Å²) < 4.78 is 0. The first-order valence-corrected chi connectivity index (χ1v) is 12.9. The summed E-state index contributed by atoms with van der Waals surface area (Å²) in [6.45, 7) is 9.18. The van der Waals surface area contributed by atoms with E-state index in [1.165, 1.54) is 33.4 Å². The molecular weight excluding hydrogens is 440 g/mol. The summed E-state index contributed by atoms with van der Waals surface area (Å²) in [6, 6.07) is 23.8. The Hall–Kier alpha value is -3.59. The molecule has 2 amide bonds. The van der Waals surface area contributed by atoms with E-state index in [9.17, 15) is 4.79 Å². The van der Waals surface area contributed by atoms with Gasteiger partial charge in [0.15, 0.2) is 0 Å². The quantitative estimate of drug-likeness (QED) is 0.375. The number of carbonyl (C=O) groups is 1. The van der Waals surface area contributed by atoms with E-state index < -0.39 is 0 Å². The van der Waals surface area contributed by atoms with Gasteiger partial charge in [0.1, 0.15) is 0 Å². The molecule has 3 heteroatoms. The second-order valence-electron chi connectivity index (χ2n) is 11.6. The molecule has 3 aromatic rings. The second-order valence-corrected chi connectivity index (χ2v) is 11.6. The van der Waals surface area contributed by atoms with Crippen molar-refractivity contribution in [2.45, 2.75) is 44.4 Å². The molecule has 0 aromatic heterocycles. The van der Waals surface area contributed by atoms with Crippen molar-refractivity contribution in [3.63, 3.8) is 0 Å². The number of likely N-dealkylation sites (N-methyl/N-ethyl adjacent to an activating group) is 1. The predicted octanol–water partition coefficient (Wildman–Crippen LogP) is 7.63. The van der Waals surface area contributed by atoms with Crippen molar-refractivity contribution < 1.29 is 4.79 Å². The molecule has 3 aliphatic rings. The molecule has 36 heavy (non-hydrogen) atoms. The fraction of sp³-hybridized carbons (Fsp3) is 0.303. The van der Waals surface area contributed by atoms with Crippen LogP contribution in [0.5, 0.6) is 0 Å². The van der Waals surface area contributed by atoms with Crippen molar-refractivity contribution in [3.8, 4) is 11.1 Å². The maximum atomic E-state index is 13.7. The van der Waals surface area contributed by atoms with E-state index in [-0.39, 0.29) is 16.9 Å². The number of rotatable bonds is 2. The first-order chi connectivity index (χ1) is 17.1. The summed E-state index contributed by atoms with van der Waals surface area (Å²) in [5.74, 6) is 0.691. The van der Waals surface area contributed by atoms with Gasteiger partial charge in [-0.1, -0.05) is 94.4 Å². The van der Waals surface area contributed by atoms with Crippen LogP contribution in [0.1, 0.15) is 55.9 Å². The number of hydrogen-bond acceptors (Lipinski definition) is 1. The third-order valence-corrected chi connectivity index (χ3v) is 8.97. The van der Waals surface area contributed by atoms with E-state index in [1.807, 2.05) is 14.1 Å². The number of allylic oxidation sites excluding steroid dienone is 3. The van der Waals surface area contributed by atoms with E-state index in [1.54, 1.807) is 9.80 Å². The summed E-state index contributed by atoms with van der Waals surface area (Å²) in [7, 11) is 3.76. The van der Waals surface area contributed by atoms with E-state index in [0.29, 0.717) is 11.8 Å². The van der Waals surface area contributed by atoms with Crippen LogP contribution < -0.4 is 4.90 Å². The van der Waals surface area contributed by atoms with Gasteiger partial charge in [0, 0.05) is 36.8 Å². The number of nitrogens with zero attached hydrogens (tertiary/aromatic N) is 2. The number of amides is 2. The van der Waals surface area contributed by atoms with Gasteiger partial charge < -0.3 is 0 Å². The molecule has 6 rings (SSSR count). The molecule has 0 radical (unpaired) electrons. The summed E-state index contributed by atoms with van der Waals surface area (Å²) in [4.78, 5) is 17.2. The highest BCUT2D eigenvalue weighted by Gasteiger charge is 2.45. The lowest BCUT2D eigenvalue weighted by Gasteiger charge is -2.33. The average molecular weight is 475 g/mol. The van der Waals surface area contributed by atoms with Crippen LogP contribution in [0, 0.1) is 5.92 Å². The van der Waals surface area contributed by atoms with Gasteiger partial charge in [0.2, 0.25) is 0 Å². The Labute approximate surface area is 214 Å². The van der Waals surface area contributed by atoms with Crippen LogP contribution in [0.15, 0.2) is 90.7 Å². The maximum absolute atomic E-state index is 13.7. The monoisotopic (exact) mass is 474 g/mol. The Morgan fingerprint density at radius 1 is 0.778 bits per heavy atom. The van der Waals surface area contributed by atoms with Crippen LogP contribution in [0.4, 0.5) is 10.5 Å². The van der Waals surface area contributed by atoms with Crippen molar-refractivity contribution >= 4 is 11.7 Å². The number of urea groups is 1. The smallest absolute Gasteiger partial charge is 0.297 e. The Balaban J connectivity index is 1.28. The molecule has 0 spiro atoms. The first kappa shape index (κ1) is 22.8. The highest BCUT2D eigenvalue weighted by atomic mass is 16.2. The minimum absolute atomic E-state index is 0.0215. The van der Waals surface area contributed by atoms with Crippen LogP contribution in [0.3, 0.4) is 0 Å². The minimum Gasteiger partial charge on any atom is -0.297 e. The molecule has 3 aliphatic carbocycles. The number of hydrogen-bond donors (Lipinski definition) is 0. The third kappa shape index (κ3) is 3.08. The number of carbonyl (C=O) groups excluding carboxylic acids is 1. The average Bonchev–Trinajstić information content (AvgIpc) is 3.27. The fourth-order valence-corrected chi connectivity index (χ4v) is 6.74. The number of fused-ring (bicyclic) bond motifs is 6. The van der Waals surface area contributed by atoms with Crippen molar-refractivity contribution in [1.82, 2.24) is 4.90 Å². The Morgan fingerprint density at radius 2 is 1.44 bits per heavy atom. The van der Waals surface area contributed by atoms with E-state index in [0.717, 1.165) is 11.4 Å². The zero-order valence-electron chi connectivity index (χ0n) is 22.0. The van der Waals surface area contributed by atoms with Crippen molar-refractivity contribution in [3.05, 3.63) is 113 Å². The van der Waals surface area contributed by atoms with Crippen LogP contribution in [-0.2, 0) is 10.8 Å². The third-order valence-electron chi connectivity index (χ3n) is 8.97. The largest absolute Gasteiger partial charge is 0.328 e. The Morgan fingerprint density at radius 3 is 2.22 bits per heavy atom. The highest BCUT2D eigenvalue weighted by Crippen LogP contribution is 2.53. The molecule has 0 aliphatic heterocycles. The van der Waals surface area contributed by atoms with Gasteiger partial charge in [-0.3, -0.25) is 9.80 Å². The zero-order valence-corrected chi connectivity index (χ0v) is 22.0. The predicted molar refractivity (Wildman–Crippen MR) is 148 cm³/mol. The topological polar surface area (TPSA) is 23.6 Å². The normalized spacial score (nSPS) is 21.7. The summed E-state index contributed by atoms with van der Waals surface area (Å²) >= 11 is 0. The molecule has 0 heterocycles. The molecular formula is C33H34N2O. The lowest BCUT2D eigenvalue weighted by molar-refractivity contribution is 0.227.